The molecule has 0 aliphatic carbocycles. The Morgan fingerprint density at radius 3 is 2.67 bits per heavy atom. The third kappa shape index (κ3) is 1.96. The van der Waals surface area contributed by atoms with Crippen molar-refractivity contribution in [3.63, 3.8) is 0 Å². The number of fused-ring (bicyclic) bond motifs is 1. The zero-order valence-electron chi connectivity index (χ0n) is 11.5. The van der Waals surface area contributed by atoms with Gasteiger partial charge >= 0.3 is 0 Å². The second-order valence-electron chi connectivity index (χ2n) is 5.23. The summed E-state index contributed by atoms with van der Waals surface area (Å²) >= 11 is 0. The van der Waals surface area contributed by atoms with E-state index in [1.165, 1.54) is 11.1 Å². The minimum absolute atomic E-state index is 0.494. The Morgan fingerprint density at radius 2 is 1.86 bits per heavy atom. The van der Waals surface area contributed by atoms with Crippen LogP contribution in [0.3, 0.4) is 0 Å². The van der Waals surface area contributed by atoms with E-state index in [1.54, 1.807) is 12.7 Å². The van der Waals surface area contributed by atoms with Gasteiger partial charge in [-0.2, -0.15) is 5.10 Å². The van der Waals surface area contributed by atoms with Crippen molar-refractivity contribution < 1.29 is 4.74 Å². The summed E-state index contributed by atoms with van der Waals surface area (Å²) < 4.78 is 8.11. The van der Waals surface area contributed by atoms with Crippen LogP contribution in [0.5, 0.6) is 0 Å². The predicted molar refractivity (Wildman–Crippen MR) is 78.5 cm³/mol. The van der Waals surface area contributed by atoms with Gasteiger partial charge in [-0.15, -0.1) is 0 Å². The number of benzene rings is 2. The molecule has 2 heterocycles. The van der Waals surface area contributed by atoms with E-state index in [9.17, 15) is 0 Å². The van der Waals surface area contributed by atoms with Crippen LogP contribution in [0.1, 0.15) is 16.7 Å². The van der Waals surface area contributed by atoms with Gasteiger partial charge in [0.05, 0.1) is 13.2 Å². The van der Waals surface area contributed by atoms with Gasteiger partial charge < -0.3 is 4.74 Å². The van der Waals surface area contributed by atoms with Crippen molar-refractivity contribution in [2.75, 3.05) is 0 Å². The highest BCUT2D eigenvalue weighted by molar-refractivity contribution is 5.43. The first kappa shape index (κ1) is 12.3. The maximum Gasteiger partial charge on any atom is 0.138 e. The van der Waals surface area contributed by atoms with E-state index >= 15 is 0 Å². The molecule has 1 atom stereocenters. The lowest BCUT2D eigenvalue weighted by Crippen LogP contribution is -2.32. The van der Waals surface area contributed by atoms with Gasteiger partial charge in [0.15, 0.2) is 0 Å². The summed E-state index contributed by atoms with van der Waals surface area (Å²) in [5, 5.41) is 4.25. The number of hydrogen-bond donors (Lipinski definition) is 0. The van der Waals surface area contributed by atoms with E-state index in [4.69, 9.17) is 4.74 Å². The molecule has 2 aromatic carbocycles. The minimum atomic E-state index is -0.494. The summed E-state index contributed by atoms with van der Waals surface area (Å²) in [5.41, 5.74) is 3.10. The third-order valence-electron chi connectivity index (χ3n) is 4.02. The highest BCUT2D eigenvalue weighted by atomic mass is 16.5. The zero-order valence-corrected chi connectivity index (χ0v) is 11.5. The first-order valence-corrected chi connectivity index (χ1v) is 6.99. The Bertz CT molecular complexity index is 740. The van der Waals surface area contributed by atoms with Crippen LogP contribution in [-0.4, -0.2) is 14.8 Å². The van der Waals surface area contributed by atoms with Crippen molar-refractivity contribution in [3.8, 4) is 0 Å². The molecule has 0 spiro atoms. The maximum absolute atomic E-state index is 6.28. The molecular formula is C17H15N3O. The van der Waals surface area contributed by atoms with Gasteiger partial charge in [-0.05, 0) is 16.7 Å². The minimum Gasteiger partial charge on any atom is -0.359 e. The molecule has 4 rings (SSSR count). The molecule has 4 nitrogen and oxygen atoms in total. The van der Waals surface area contributed by atoms with Crippen molar-refractivity contribution in [1.82, 2.24) is 14.8 Å². The Balaban J connectivity index is 1.88. The molecule has 0 N–H and O–H groups in total. The molecule has 104 valence electrons. The Kier molecular flexibility index (Phi) is 2.82. The first-order chi connectivity index (χ1) is 10.4. The van der Waals surface area contributed by atoms with Gasteiger partial charge in [-0.1, -0.05) is 54.6 Å². The average molecular weight is 277 g/mol. The lowest BCUT2D eigenvalue weighted by Gasteiger charge is -2.30. The summed E-state index contributed by atoms with van der Waals surface area (Å²) in [5.74, 6) is 0. The van der Waals surface area contributed by atoms with Crippen LogP contribution in [0.2, 0.25) is 0 Å². The summed E-state index contributed by atoms with van der Waals surface area (Å²) in [4.78, 5) is 4.04. The van der Waals surface area contributed by atoms with Crippen molar-refractivity contribution in [2.24, 2.45) is 0 Å². The summed E-state index contributed by atoms with van der Waals surface area (Å²) in [6, 6.07) is 18.7. The molecule has 0 saturated heterocycles. The molecule has 0 fully saturated rings. The molecular weight excluding hydrogens is 262 g/mol. The lowest BCUT2D eigenvalue weighted by atomic mass is 9.85. The van der Waals surface area contributed by atoms with Gasteiger partial charge in [0, 0.05) is 0 Å². The number of hydrogen-bond acceptors (Lipinski definition) is 3. The van der Waals surface area contributed by atoms with Crippen LogP contribution in [-0.2, 0) is 23.5 Å². The third-order valence-corrected chi connectivity index (χ3v) is 4.02. The molecule has 3 aromatic rings. The Labute approximate surface area is 123 Å². The van der Waals surface area contributed by atoms with Crippen LogP contribution >= 0.6 is 0 Å². The highest BCUT2D eigenvalue weighted by Crippen LogP contribution is 2.42. The largest absolute Gasteiger partial charge is 0.359 e. The van der Waals surface area contributed by atoms with Crippen LogP contribution in [0.15, 0.2) is 67.3 Å². The van der Waals surface area contributed by atoms with Crippen molar-refractivity contribution in [2.45, 2.75) is 18.8 Å². The number of rotatable bonds is 3. The highest BCUT2D eigenvalue weighted by Gasteiger charge is 2.42. The topological polar surface area (TPSA) is 39.9 Å². The lowest BCUT2D eigenvalue weighted by molar-refractivity contribution is -0.0204. The fourth-order valence-corrected chi connectivity index (χ4v) is 3.03. The standard InChI is InChI=1S/C17H15N3O/c1-2-7-15(8-3-1)17(11-20-13-18-12-19-20)16-9-5-4-6-14(16)10-21-17/h1-9,12-13H,10-11H2. The molecule has 1 aromatic heterocycles. The van der Waals surface area contributed by atoms with E-state index in [2.05, 4.69) is 46.5 Å². The van der Waals surface area contributed by atoms with Gasteiger partial charge in [0.25, 0.3) is 0 Å². The van der Waals surface area contributed by atoms with Crippen molar-refractivity contribution in [3.05, 3.63) is 83.9 Å². The van der Waals surface area contributed by atoms with E-state index in [1.807, 2.05) is 22.9 Å². The molecule has 4 heteroatoms. The van der Waals surface area contributed by atoms with Crippen molar-refractivity contribution >= 4 is 0 Å². The average Bonchev–Trinajstić information content (AvgIpc) is 3.18. The van der Waals surface area contributed by atoms with E-state index in [0.717, 1.165) is 5.56 Å². The van der Waals surface area contributed by atoms with Gasteiger partial charge in [-0.3, -0.25) is 0 Å². The SMILES string of the molecule is c1ccc(C2(Cn3cncn3)OCc3ccccc32)cc1. The first-order valence-electron chi connectivity index (χ1n) is 6.99. The van der Waals surface area contributed by atoms with Crippen LogP contribution < -0.4 is 0 Å². The van der Waals surface area contributed by atoms with Crippen LogP contribution in [0.4, 0.5) is 0 Å². The second kappa shape index (κ2) is 4.82. The van der Waals surface area contributed by atoms with Crippen LogP contribution in [0.25, 0.3) is 0 Å². The monoisotopic (exact) mass is 277 g/mol. The van der Waals surface area contributed by atoms with Crippen molar-refractivity contribution in [1.29, 1.82) is 0 Å². The Morgan fingerprint density at radius 1 is 1.05 bits per heavy atom. The summed E-state index contributed by atoms with van der Waals surface area (Å²) in [6.45, 7) is 1.24. The summed E-state index contributed by atoms with van der Waals surface area (Å²) in [6.07, 6.45) is 3.29. The smallest absolute Gasteiger partial charge is 0.138 e. The quantitative estimate of drug-likeness (QED) is 0.739. The molecule has 0 saturated carbocycles. The zero-order chi connectivity index (χ0) is 14.1. The van der Waals surface area contributed by atoms with E-state index in [0.29, 0.717) is 13.2 Å². The van der Waals surface area contributed by atoms with E-state index in [-0.39, 0.29) is 0 Å². The Hall–Kier alpha value is -2.46. The molecule has 0 amide bonds. The fourth-order valence-electron chi connectivity index (χ4n) is 3.03. The molecule has 0 radical (unpaired) electrons. The number of nitrogens with zero attached hydrogens (tertiary/aromatic N) is 3. The molecule has 21 heavy (non-hydrogen) atoms. The van der Waals surface area contributed by atoms with Gasteiger partial charge in [-0.25, -0.2) is 9.67 Å². The molecule has 0 bridgehead atoms. The molecule has 1 aliphatic heterocycles. The molecule has 1 aliphatic rings. The van der Waals surface area contributed by atoms with E-state index < -0.39 is 5.60 Å². The fraction of sp³-hybridized carbons (Fsp3) is 0.176. The van der Waals surface area contributed by atoms with Crippen LogP contribution in [0, 0.1) is 0 Å². The van der Waals surface area contributed by atoms with Gasteiger partial charge in [0.2, 0.25) is 0 Å². The van der Waals surface area contributed by atoms with Gasteiger partial charge in [0.1, 0.15) is 18.3 Å². The molecule has 1 unspecified atom stereocenters. The number of aromatic nitrogens is 3. The predicted octanol–water partition coefficient (Wildman–Crippen LogP) is 2.75. The second-order valence-corrected chi connectivity index (χ2v) is 5.23. The summed E-state index contributed by atoms with van der Waals surface area (Å²) in [7, 11) is 0. The normalized spacial score (nSPS) is 20.4. The number of ether oxygens (including phenoxy) is 1. The maximum atomic E-state index is 6.28.